The predicted octanol–water partition coefficient (Wildman–Crippen LogP) is 4.55. The van der Waals surface area contributed by atoms with Gasteiger partial charge in [0.25, 0.3) is 0 Å². The summed E-state index contributed by atoms with van der Waals surface area (Å²) in [5.41, 5.74) is 8.77. The molecule has 2 aromatic carbocycles. The molecule has 0 saturated carbocycles. The molecule has 0 bridgehead atoms. The second kappa shape index (κ2) is 7.02. The minimum atomic E-state index is 0.790. The summed E-state index contributed by atoms with van der Waals surface area (Å²) >= 11 is 0. The van der Waals surface area contributed by atoms with Crippen LogP contribution in [0.3, 0.4) is 0 Å². The molecule has 0 radical (unpaired) electrons. The van der Waals surface area contributed by atoms with Gasteiger partial charge in [-0.3, -0.25) is 0 Å². The van der Waals surface area contributed by atoms with E-state index in [1.165, 1.54) is 5.56 Å². The number of hydrogen-bond acceptors (Lipinski definition) is 1. The van der Waals surface area contributed by atoms with Crippen molar-refractivity contribution < 1.29 is 0 Å². The maximum Gasteiger partial charge on any atom is 0.0314 e. The van der Waals surface area contributed by atoms with Crippen molar-refractivity contribution in [2.75, 3.05) is 5.73 Å². The van der Waals surface area contributed by atoms with Gasteiger partial charge in [0.15, 0.2) is 0 Å². The zero-order valence-corrected chi connectivity index (χ0v) is 10.7. The van der Waals surface area contributed by atoms with Crippen molar-refractivity contribution in [3.63, 3.8) is 0 Å². The number of nitrogen functional groups attached to an aromatic ring is 1. The quantitative estimate of drug-likeness (QED) is 0.622. The van der Waals surface area contributed by atoms with E-state index in [4.69, 9.17) is 5.73 Å². The van der Waals surface area contributed by atoms with Gasteiger partial charge in [-0.2, -0.15) is 0 Å². The largest absolute Gasteiger partial charge is 0.399 e. The van der Waals surface area contributed by atoms with E-state index < -0.39 is 0 Å². The molecule has 0 fully saturated rings. The average molecular weight is 247 g/mol. The summed E-state index contributed by atoms with van der Waals surface area (Å²) < 4.78 is 0. The van der Waals surface area contributed by atoms with E-state index in [9.17, 15) is 0 Å². The molecule has 0 aliphatic rings. The highest BCUT2D eigenvalue weighted by molar-refractivity contribution is 5.55. The van der Waals surface area contributed by atoms with Gasteiger partial charge in [0.05, 0.1) is 0 Å². The Kier molecular flexibility index (Phi) is 4.77. The van der Waals surface area contributed by atoms with E-state index in [0.29, 0.717) is 0 Å². The summed E-state index contributed by atoms with van der Waals surface area (Å²) in [4.78, 5) is 0. The molecule has 0 aliphatic carbocycles. The lowest BCUT2D eigenvalue weighted by Gasteiger charge is -1.93. The molecule has 0 unspecified atom stereocenters. The Morgan fingerprint density at radius 3 is 1.68 bits per heavy atom. The summed E-state index contributed by atoms with van der Waals surface area (Å²) in [7, 11) is 0. The molecule has 1 heteroatoms. The van der Waals surface area contributed by atoms with Crippen molar-refractivity contribution in [1.29, 1.82) is 0 Å². The van der Waals surface area contributed by atoms with Crippen molar-refractivity contribution in [3.05, 3.63) is 90.0 Å². The topological polar surface area (TPSA) is 26.0 Å². The van der Waals surface area contributed by atoms with E-state index in [-0.39, 0.29) is 0 Å². The van der Waals surface area contributed by atoms with Crippen molar-refractivity contribution in [2.45, 2.75) is 0 Å². The Hall–Kier alpha value is -2.54. The van der Waals surface area contributed by atoms with Crippen LogP contribution in [0.5, 0.6) is 0 Å². The number of anilines is 1. The fraction of sp³-hybridized carbons (Fsp3) is 0. The van der Waals surface area contributed by atoms with Crippen molar-refractivity contribution in [3.8, 4) is 0 Å². The Bertz CT molecular complexity index is 575. The first-order valence-corrected chi connectivity index (χ1v) is 6.26. The molecular formula is C18H17N. The first kappa shape index (κ1) is 12.9. The van der Waals surface area contributed by atoms with Crippen LogP contribution in [0.15, 0.2) is 78.9 Å². The molecule has 0 amide bonds. The van der Waals surface area contributed by atoms with Crippen molar-refractivity contribution in [1.82, 2.24) is 0 Å². The SMILES string of the molecule is Nc1ccc(C=CC=CC=Cc2ccccc2)cc1. The molecule has 0 aliphatic heterocycles. The van der Waals surface area contributed by atoms with Crippen LogP contribution in [0.4, 0.5) is 5.69 Å². The molecule has 2 N–H and O–H groups in total. The second-order valence-electron chi connectivity index (χ2n) is 4.18. The third-order valence-corrected chi connectivity index (χ3v) is 2.65. The van der Waals surface area contributed by atoms with Gasteiger partial charge in [0.1, 0.15) is 0 Å². The van der Waals surface area contributed by atoms with E-state index in [2.05, 4.69) is 18.2 Å². The maximum absolute atomic E-state index is 5.63. The molecule has 94 valence electrons. The summed E-state index contributed by atoms with van der Waals surface area (Å²) in [6.45, 7) is 0. The number of benzene rings is 2. The highest BCUT2D eigenvalue weighted by Gasteiger charge is 1.84. The minimum absolute atomic E-state index is 0.790. The van der Waals surface area contributed by atoms with Crippen LogP contribution >= 0.6 is 0 Å². The highest BCUT2D eigenvalue weighted by Crippen LogP contribution is 2.07. The Morgan fingerprint density at radius 1 is 0.579 bits per heavy atom. The Balaban J connectivity index is 1.87. The van der Waals surface area contributed by atoms with Gasteiger partial charge in [-0.15, -0.1) is 0 Å². The minimum Gasteiger partial charge on any atom is -0.399 e. The number of nitrogens with two attached hydrogens (primary N) is 1. The Labute approximate surface area is 114 Å². The van der Waals surface area contributed by atoms with Gasteiger partial charge in [-0.25, -0.2) is 0 Å². The normalized spacial score (nSPS) is 11.8. The molecule has 0 aromatic heterocycles. The number of hydrogen-bond donors (Lipinski definition) is 1. The number of rotatable bonds is 4. The molecule has 0 saturated heterocycles. The van der Waals surface area contributed by atoms with Crippen LogP contribution in [0.2, 0.25) is 0 Å². The smallest absolute Gasteiger partial charge is 0.0314 e. The molecule has 0 heterocycles. The second-order valence-corrected chi connectivity index (χ2v) is 4.18. The van der Waals surface area contributed by atoms with Gasteiger partial charge in [-0.1, -0.05) is 78.9 Å². The maximum atomic E-state index is 5.63. The van der Waals surface area contributed by atoms with Gasteiger partial charge in [0.2, 0.25) is 0 Å². The van der Waals surface area contributed by atoms with Crippen LogP contribution in [-0.4, -0.2) is 0 Å². The van der Waals surface area contributed by atoms with Gasteiger partial charge < -0.3 is 5.73 Å². The Morgan fingerprint density at radius 2 is 1.11 bits per heavy atom. The summed E-state index contributed by atoms with van der Waals surface area (Å²) in [6, 6.07) is 18.0. The fourth-order valence-electron chi connectivity index (χ4n) is 1.63. The lowest BCUT2D eigenvalue weighted by molar-refractivity contribution is 1.64. The van der Waals surface area contributed by atoms with E-state index >= 15 is 0 Å². The number of allylic oxidation sites excluding steroid dienone is 4. The predicted molar refractivity (Wildman–Crippen MR) is 84.5 cm³/mol. The molecule has 0 spiro atoms. The zero-order valence-electron chi connectivity index (χ0n) is 10.7. The molecule has 2 rings (SSSR count). The van der Waals surface area contributed by atoms with Crippen LogP contribution in [0.1, 0.15) is 11.1 Å². The molecule has 0 atom stereocenters. The van der Waals surface area contributed by atoms with Crippen molar-refractivity contribution >= 4 is 17.8 Å². The van der Waals surface area contributed by atoms with Crippen LogP contribution in [0.25, 0.3) is 12.2 Å². The highest BCUT2D eigenvalue weighted by atomic mass is 14.5. The van der Waals surface area contributed by atoms with E-state index in [0.717, 1.165) is 11.3 Å². The lowest BCUT2D eigenvalue weighted by atomic mass is 10.2. The van der Waals surface area contributed by atoms with E-state index in [1.54, 1.807) is 0 Å². The zero-order chi connectivity index (χ0) is 13.3. The monoisotopic (exact) mass is 247 g/mol. The third kappa shape index (κ3) is 4.68. The summed E-state index contributed by atoms with van der Waals surface area (Å²) in [5.74, 6) is 0. The third-order valence-electron chi connectivity index (χ3n) is 2.65. The first-order chi connectivity index (χ1) is 9.34. The summed E-state index contributed by atoms with van der Waals surface area (Å²) in [5, 5.41) is 0. The van der Waals surface area contributed by atoms with Gasteiger partial charge >= 0.3 is 0 Å². The van der Waals surface area contributed by atoms with Gasteiger partial charge in [-0.05, 0) is 23.3 Å². The van der Waals surface area contributed by atoms with Crippen molar-refractivity contribution in [2.24, 2.45) is 0 Å². The molecule has 2 aromatic rings. The molecule has 19 heavy (non-hydrogen) atoms. The van der Waals surface area contributed by atoms with E-state index in [1.807, 2.05) is 72.8 Å². The summed E-state index contributed by atoms with van der Waals surface area (Å²) in [6.07, 6.45) is 12.2. The lowest BCUT2D eigenvalue weighted by Crippen LogP contribution is -1.82. The standard InChI is InChI=1S/C18H17N/c19-18-14-12-17(13-15-18)11-5-2-1-4-8-16-9-6-3-7-10-16/h1-15H,19H2. The van der Waals surface area contributed by atoms with Crippen LogP contribution < -0.4 is 5.73 Å². The first-order valence-electron chi connectivity index (χ1n) is 6.26. The van der Waals surface area contributed by atoms with Gasteiger partial charge in [0, 0.05) is 5.69 Å². The molecule has 1 nitrogen and oxygen atoms in total. The fourth-order valence-corrected chi connectivity index (χ4v) is 1.63. The average Bonchev–Trinajstić information content (AvgIpc) is 2.46. The van der Waals surface area contributed by atoms with Crippen LogP contribution in [0, 0.1) is 0 Å². The molecular weight excluding hydrogens is 230 g/mol. The van der Waals surface area contributed by atoms with Crippen LogP contribution in [-0.2, 0) is 0 Å².